The van der Waals surface area contributed by atoms with Crippen molar-refractivity contribution in [3.05, 3.63) is 65.2 Å². The highest BCUT2D eigenvalue weighted by molar-refractivity contribution is 6.11. The van der Waals surface area contributed by atoms with Crippen molar-refractivity contribution < 1.29 is 19.5 Å². The van der Waals surface area contributed by atoms with Crippen molar-refractivity contribution >= 4 is 23.5 Å². The van der Waals surface area contributed by atoms with Crippen LogP contribution in [0.3, 0.4) is 0 Å². The SMILES string of the molecule is O=C(O)c1ccc(CN2C(=O)[C@H]3CCCN3C(=O)c3ccccc32)cc1. The first kappa shape index (κ1) is 16.3. The molecule has 6 heteroatoms. The van der Waals surface area contributed by atoms with Crippen LogP contribution in [0.5, 0.6) is 0 Å². The van der Waals surface area contributed by atoms with Crippen LogP contribution in [0.2, 0.25) is 0 Å². The highest BCUT2D eigenvalue weighted by atomic mass is 16.4. The lowest BCUT2D eigenvalue weighted by Gasteiger charge is -2.26. The molecule has 2 aliphatic heterocycles. The molecule has 2 heterocycles. The zero-order valence-corrected chi connectivity index (χ0v) is 14.1. The maximum atomic E-state index is 13.2. The third-order valence-corrected chi connectivity index (χ3v) is 5.03. The highest BCUT2D eigenvalue weighted by Crippen LogP contribution is 2.33. The number of amides is 2. The van der Waals surface area contributed by atoms with Gasteiger partial charge < -0.3 is 14.9 Å². The zero-order valence-electron chi connectivity index (χ0n) is 14.1. The van der Waals surface area contributed by atoms with Crippen LogP contribution < -0.4 is 4.90 Å². The van der Waals surface area contributed by atoms with E-state index in [0.29, 0.717) is 30.8 Å². The number of carboxylic acids is 1. The van der Waals surface area contributed by atoms with Gasteiger partial charge in [-0.1, -0.05) is 24.3 Å². The van der Waals surface area contributed by atoms with Crippen molar-refractivity contribution in [1.29, 1.82) is 0 Å². The van der Waals surface area contributed by atoms with Crippen LogP contribution in [0.1, 0.15) is 39.1 Å². The van der Waals surface area contributed by atoms with Gasteiger partial charge >= 0.3 is 5.97 Å². The number of benzene rings is 2. The fourth-order valence-electron chi connectivity index (χ4n) is 3.71. The Bertz CT molecular complexity index is 891. The smallest absolute Gasteiger partial charge is 0.335 e. The van der Waals surface area contributed by atoms with Crippen molar-refractivity contribution in [2.24, 2.45) is 0 Å². The lowest BCUT2D eigenvalue weighted by Crippen LogP contribution is -2.44. The minimum absolute atomic E-state index is 0.0805. The lowest BCUT2D eigenvalue weighted by molar-refractivity contribution is -0.122. The third-order valence-electron chi connectivity index (χ3n) is 5.03. The Morgan fingerprint density at radius 3 is 2.54 bits per heavy atom. The minimum Gasteiger partial charge on any atom is -0.478 e. The first-order chi connectivity index (χ1) is 12.6. The van der Waals surface area contributed by atoms with Crippen LogP contribution in [0.15, 0.2) is 48.5 Å². The number of rotatable bonds is 3. The standard InChI is InChI=1S/C20H18N2O4/c23-18-15-4-1-2-5-16(15)22(19(24)17-6-3-11-21(17)18)12-13-7-9-14(10-8-13)20(25)26/h1-2,4-5,7-10,17H,3,6,11-12H2,(H,25,26)/t17-/m1/s1. The van der Waals surface area contributed by atoms with Crippen LogP contribution >= 0.6 is 0 Å². The van der Waals surface area contributed by atoms with Gasteiger partial charge in [-0.15, -0.1) is 0 Å². The molecule has 0 radical (unpaired) electrons. The number of fused-ring (bicyclic) bond motifs is 2. The second kappa shape index (κ2) is 6.29. The summed E-state index contributed by atoms with van der Waals surface area (Å²) in [5.74, 6) is -1.16. The number of anilines is 1. The van der Waals surface area contributed by atoms with Crippen molar-refractivity contribution in [2.75, 3.05) is 11.4 Å². The summed E-state index contributed by atoms with van der Waals surface area (Å²) in [6.07, 6.45) is 1.50. The Labute approximate surface area is 150 Å². The molecule has 4 rings (SSSR count). The van der Waals surface area contributed by atoms with Gasteiger partial charge in [0.1, 0.15) is 6.04 Å². The molecule has 2 aliphatic rings. The summed E-state index contributed by atoms with van der Waals surface area (Å²) in [7, 11) is 0. The van der Waals surface area contributed by atoms with E-state index >= 15 is 0 Å². The molecule has 1 N–H and O–H groups in total. The zero-order chi connectivity index (χ0) is 18.3. The van der Waals surface area contributed by atoms with E-state index in [1.54, 1.807) is 40.1 Å². The molecule has 2 aromatic carbocycles. The van der Waals surface area contributed by atoms with Crippen LogP contribution in [0.4, 0.5) is 5.69 Å². The number of carboxylic acid groups (broad SMARTS) is 1. The molecule has 0 spiro atoms. The van der Waals surface area contributed by atoms with Gasteiger partial charge in [0, 0.05) is 6.54 Å². The molecule has 132 valence electrons. The van der Waals surface area contributed by atoms with Gasteiger partial charge in [-0.25, -0.2) is 4.79 Å². The van der Waals surface area contributed by atoms with Crippen LogP contribution in [0, 0.1) is 0 Å². The highest BCUT2D eigenvalue weighted by Gasteiger charge is 2.41. The summed E-state index contributed by atoms with van der Waals surface area (Å²) in [5.41, 5.74) is 2.16. The average Bonchev–Trinajstić information content (AvgIpc) is 3.12. The van der Waals surface area contributed by atoms with Crippen LogP contribution in [-0.4, -0.2) is 40.4 Å². The Morgan fingerprint density at radius 2 is 1.81 bits per heavy atom. The quantitative estimate of drug-likeness (QED) is 0.923. The molecule has 2 aromatic rings. The molecule has 0 bridgehead atoms. The molecular weight excluding hydrogens is 332 g/mol. The average molecular weight is 350 g/mol. The summed E-state index contributed by atoms with van der Waals surface area (Å²) >= 11 is 0. The predicted molar refractivity (Wildman–Crippen MR) is 95.1 cm³/mol. The minimum atomic E-state index is -0.986. The van der Waals surface area contributed by atoms with E-state index < -0.39 is 12.0 Å². The number of carbonyl (C=O) groups is 3. The number of para-hydroxylation sites is 1. The number of aromatic carboxylic acids is 1. The van der Waals surface area contributed by atoms with Crippen molar-refractivity contribution in [1.82, 2.24) is 4.90 Å². The summed E-state index contributed by atoms with van der Waals surface area (Å²) < 4.78 is 0. The molecule has 0 unspecified atom stereocenters. The largest absolute Gasteiger partial charge is 0.478 e. The van der Waals surface area contributed by atoms with Gasteiger partial charge in [-0.05, 0) is 42.7 Å². The van der Waals surface area contributed by atoms with Gasteiger partial charge in [-0.3, -0.25) is 9.59 Å². The van der Waals surface area contributed by atoms with E-state index in [9.17, 15) is 14.4 Å². The van der Waals surface area contributed by atoms with Gasteiger partial charge in [-0.2, -0.15) is 0 Å². The maximum absolute atomic E-state index is 13.2. The monoisotopic (exact) mass is 350 g/mol. The fraction of sp³-hybridized carbons (Fsp3) is 0.250. The van der Waals surface area contributed by atoms with E-state index in [1.165, 1.54) is 12.1 Å². The molecule has 0 saturated carbocycles. The molecule has 0 aromatic heterocycles. The Balaban J connectivity index is 1.73. The Morgan fingerprint density at radius 1 is 1.08 bits per heavy atom. The van der Waals surface area contributed by atoms with Crippen molar-refractivity contribution in [2.45, 2.75) is 25.4 Å². The maximum Gasteiger partial charge on any atom is 0.335 e. The molecule has 1 fully saturated rings. The van der Waals surface area contributed by atoms with E-state index in [-0.39, 0.29) is 17.4 Å². The molecule has 26 heavy (non-hydrogen) atoms. The van der Waals surface area contributed by atoms with E-state index in [1.807, 2.05) is 6.07 Å². The van der Waals surface area contributed by atoms with E-state index in [4.69, 9.17) is 5.11 Å². The lowest BCUT2D eigenvalue weighted by atomic mass is 10.1. The number of hydrogen-bond acceptors (Lipinski definition) is 3. The van der Waals surface area contributed by atoms with Crippen molar-refractivity contribution in [3.63, 3.8) is 0 Å². The Kier molecular flexibility index (Phi) is 3.95. The number of nitrogens with zero attached hydrogens (tertiary/aromatic N) is 2. The predicted octanol–water partition coefficient (Wildman–Crippen LogP) is 2.54. The number of hydrogen-bond donors (Lipinski definition) is 1. The molecule has 1 atom stereocenters. The first-order valence-electron chi connectivity index (χ1n) is 8.60. The molecule has 0 aliphatic carbocycles. The molecule has 6 nitrogen and oxygen atoms in total. The van der Waals surface area contributed by atoms with Crippen molar-refractivity contribution in [3.8, 4) is 0 Å². The van der Waals surface area contributed by atoms with Gasteiger partial charge in [0.15, 0.2) is 0 Å². The summed E-state index contributed by atoms with van der Waals surface area (Å²) in [4.78, 5) is 40.4. The van der Waals surface area contributed by atoms with Gasteiger partial charge in [0.2, 0.25) is 5.91 Å². The van der Waals surface area contributed by atoms with Crippen LogP contribution in [-0.2, 0) is 11.3 Å². The second-order valence-corrected chi connectivity index (χ2v) is 6.60. The summed E-state index contributed by atoms with van der Waals surface area (Å²) in [6.45, 7) is 0.901. The Hall–Kier alpha value is -3.15. The third kappa shape index (κ3) is 2.63. The topological polar surface area (TPSA) is 77.9 Å². The van der Waals surface area contributed by atoms with Gasteiger partial charge in [0.25, 0.3) is 5.91 Å². The summed E-state index contributed by atoms with van der Waals surface area (Å²) in [5, 5.41) is 9.03. The molecular formula is C20H18N2O4. The fourth-order valence-corrected chi connectivity index (χ4v) is 3.71. The number of carbonyl (C=O) groups excluding carboxylic acids is 2. The van der Waals surface area contributed by atoms with Gasteiger partial charge in [0.05, 0.1) is 23.4 Å². The van der Waals surface area contributed by atoms with E-state index in [0.717, 1.165) is 12.0 Å². The van der Waals surface area contributed by atoms with Crippen LogP contribution in [0.25, 0.3) is 0 Å². The normalized spacial score (nSPS) is 19.2. The molecule has 1 saturated heterocycles. The molecule has 2 amide bonds. The summed E-state index contributed by atoms with van der Waals surface area (Å²) in [6, 6.07) is 13.2. The van der Waals surface area contributed by atoms with E-state index in [2.05, 4.69) is 0 Å². The second-order valence-electron chi connectivity index (χ2n) is 6.60. The first-order valence-corrected chi connectivity index (χ1v) is 8.60.